The van der Waals surface area contributed by atoms with Gasteiger partial charge in [0.2, 0.25) is 0 Å². The summed E-state index contributed by atoms with van der Waals surface area (Å²) in [5, 5.41) is 5.89. The second-order valence-electron chi connectivity index (χ2n) is 4.61. The van der Waals surface area contributed by atoms with E-state index >= 15 is 0 Å². The third-order valence-electron chi connectivity index (χ3n) is 3.32. The third kappa shape index (κ3) is 2.74. The average molecular weight is 266 g/mol. The van der Waals surface area contributed by atoms with Gasteiger partial charge in [-0.3, -0.25) is 0 Å². The average Bonchev–Trinajstić information content (AvgIpc) is 2.94. The molecular weight excluding hydrogens is 244 g/mol. The highest BCUT2D eigenvalue weighted by molar-refractivity contribution is 5.82. The van der Waals surface area contributed by atoms with Crippen molar-refractivity contribution in [3.05, 3.63) is 59.8 Å². The van der Waals surface area contributed by atoms with E-state index in [1.165, 1.54) is 16.5 Å². The minimum Gasteiger partial charge on any atom is -0.240 e. The predicted molar refractivity (Wildman–Crippen MR) is 86.5 cm³/mol. The molecule has 0 saturated heterocycles. The first-order valence-corrected chi connectivity index (χ1v) is 7.32. The molecule has 1 heterocycles. The zero-order valence-electron chi connectivity index (χ0n) is 12.7. The lowest BCUT2D eigenvalue weighted by molar-refractivity contribution is 0.896. The number of aryl methyl sites for hydroxylation is 2. The van der Waals surface area contributed by atoms with Gasteiger partial charge in [-0.15, -0.1) is 0 Å². The Morgan fingerprint density at radius 2 is 1.70 bits per heavy atom. The molecule has 104 valence electrons. The van der Waals surface area contributed by atoms with Crippen LogP contribution in [0, 0.1) is 6.92 Å². The first kappa shape index (κ1) is 14.3. The largest absolute Gasteiger partial charge is 0.240 e. The van der Waals surface area contributed by atoms with E-state index in [4.69, 9.17) is 0 Å². The normalized spacial score (nSPS) is 10.2. The maximum absolute atomic E-state index is 4.64. The van der Waals surface area contributed by atoms with Crippen LogP contribution in [0.1, 0.15) is 31.9 Å². The molecule has 2 nitrogen and oxygen atoms in total. The Kier molecular flexibility index (Phi) is 4.57. The summed E-state index contributed by atoms with van der Waals surface area (Å²) >= 11 is 0. The van der Waals surface area contributed by atoms with Crippen LogP contribution in [0.5, 0.6) is 0 Å². The summed E-state index contributed by atoms with van der Waals surface area (Å²) in [6.45, 7) is 8.27. The van der Waals surface area contributed by atoms with E-state index < -0.39 is 0 Å². The Hall–Kier alpha value is -2.09. The van der Waals surface area contributed by atoms with Gasteiger partial charge in [0.1, 0.15) is 0 Å². The monoisotopic (exact) mass is 266 g/mol. The van der Waals surface area contributed by atoms with Gasteiger partial charge in [0.25, 0.3) is 0 Å². The number of fused-ring (bicyclic) bond motifs is 1. The molecule has 2 heteroatoms. The van der Waals surface area contributed by atoms with Crippen molar-refractivity contribution in [3.8, 4) is 5.69 Å². The Labute approximate surface area is 121 Å². The molecule has 2 aromatic carbocycles. The van der Waals surface area contributed by atoms with Crippen molar-refractivity contribution in [2.45, 2.75) is 34.1 Å². The second-order valence-corrected chi connectivity index (χ2v) is 4.61. The fourth-order valence-electron chi connectivity index (χ4n) is 2.24. The van der Waals surface area contributed by atoms with Crippen LogP contribution < -0.4 is 0 Å². The summed E-state index contributed by atoms with van der Waals surface area (Å²) in [5.74, 6) is 0. The maximum atomic E-state index is 4.64. The molecule has 0 fully saturated rings. The number of nitrogens with zero attached hydrogens (tertiary/aromatic N) is 2. The topological polar surface area (TPSA) is 17.8 Å². The SMILES string of the molecule is CC.CCc1cccc2nn(-c3ccc(C)cc3)cc12. The first-order chi connectivity index (χ1) is 9.78. The van der Waals surface area contributed by atoms with Crippen molar-refractivity contribution in [1.82, 2.24) is 9.78 Å². The molecule has 0 aliphatic rings. The summed E-state index contributed by atoms with van der Waals surface area (Å²) in [4.78, 5) is 0. The van der Waals surface area contributed by atoms with Crippen LogP contribution in [0.3, 0.4) is 0 Å². The molecule has 1 aromatic heterocycles. The highest BCUT2D eigenvalue weighted by Crippen LogP contribution is 2.20. The first-order valence-electron chi connectivity index (χ1n) is 7.32. The van der Waals surface area contributed by atoms with E-state index in [1.807, 2.05) is 18.5 Å². The summed E-state index contributed by atoms with van der Waals surface area (Å²) in [6, 6.07) is 14.8. The number of benzene rings is 2. The fraction of sp³-hybridized carbons (Fsp3) is 0.278. The molecule has 0 spiro atoms. The minimum absolute atomic E-state index is 1.04. The van der Waals surface area contributed by atoms with Gasteiger partial charge in [-0.25, -0.2) is 4.68 Å². The highest BCUT2D eigenvalue weighted by Gasteiger charge is 2.05. The van der Waals surface area contributed by atoms with Crippen molar-refractivity contribution in [1.29, 1.82) is 0 Å². The van der Waals surface area contributed by atoms with Gasteiger partial charge >= 0.3 is 0 Å². The Morgan fingerprint density at radius 1 is 1.00 bits per heavy atom. The van der Waals surface area contributed by atoms with Gasteiger partial charge in [0.05, 0.1) is 11.2 Å². The smallest absolute Gasteiger partial charge is 0.0930 e. The lowest BCUT2D eigenvalue weighted by Crippen LogP contribution is -1.93. The van der Waals surface area contributed by atoms with E-state index in [0.717, 1.165) is 17.6 Å². The van der Waals surface area contributed by atoms with E-state index in [1.54, 1.807) is 0 Å². The van der Waals surface area contributed by atoms with Gasteiger partial charge < -0.3 is 0 Å². The molecule has 0 atom stereocenters. The maximum Gasteiger partial charge on any atom is 0.0930 e. The number of hydrogen-bond donors (Lipinski definition) is 0. The van der Waals surface area contributed by atoms with Crippen molar-refractivity contribution in [2.24, 2.45) is 0 Å². The van der Waals surface area contributed by atoms with Crippen LogP contribution in [-0.4, -0.2) is 9.78 Å². The molecule has 0 aliphatic carbocycles. The molecule has 0 unspecified atom stereocenters. The summed E-state index contributed by atoms with van der Waals surface area (Å²) in [5.41, 5.74) is 4.80. The minimum atomic E-state index is 1.04. The molecule has 20 heavy (non-hydrogen) atoms. The number of rotatable bonds is 2. The molecule has 0 aliphatic heterocycles. The van der Waals surface area contributed by atoms with Crippen molar-refractivity contribution < 1.29 is 0 Å². The van der Waals surface area contributed by atoms with Crippen molar-refractivity contribution in [2.75, 3.05) is 0 Å². The van der Waals surface area contributed by atoms with E-state index in [-0.39, 0.29) is 0 Å². The molecule has 0 N–H and O–H groups in total. The lowest BCUT2D eigenvalue weighted by atomic mass is 10.1. The zero-order chi connectivity index (χ0) is 14.5. The van der Waals surface area contributed by atoms with Gasteiger partial charge in [0, 0.05) is 11.6 Å². The molecule has 0 amide bonds. The zero-order valence-corrected chi connectivity index (χ0v) is 12.7. The van der Waals surface area contributed by atoms with Crippen molar-refractivity contribution >= 4 is 10.9 Å². The van der Waals surface area contributed by atoms with E-state index in [0.29, 0.717) is 0 Å². The van der Waals surface area contributed by atoms with E-state index in [9.17, 15) is 0 Å². The third-order valence-corrected chi connectivity index (χ3v) is 3.32. The Bertz CT molecular complexity index is 678. The van der Waals surface area contributed by atoms with E-state index in [2.05, 4.69) is 67.6 Å². The quantitative estimate of drug-likeness (QED) is 0.643. The summed E-state index contributed by atoms with van der Waals surface area (Å²) < 4.78 is 1.96. The lowest BCUT2D eigenvalue weighted by Gasteiger charge is -2.00. The van der Waals surface area contributed by atoms with Gasteiger partial charge in [-0.1, -0.05) is 50.6 Å². The Balaban J connectivity index is 0.000000704. The van der Waals surface area contributed by atoms with Crippen LogP contribution in [0.15, 0.2) is 48.7 Å². The molecule has 3 aromatic rings. The van der Waals surface area contributed by atoms with Crippen LogP contribution in [0.2, 0.25) is 0 Å². The van der Waals surface area contributed by atoms with Crippen molar-refractivity contribution in [3.63, 3.8) is 0 Å². The molecule has 3 rings (SSSR count). The number of hydrogen-bond acceptors (Lipinski definition) is 1. The van der Waals surface area contributed by atoms with Gasteiger partial charge in [-0.2, -0.15) is 5.10 Å². The molecule has 0 radical (unpaired) electrons. The van der Waals surface area contributed by atoms with Gasteiger partial charge in [-0.05, 0) is 37.1 Å². The summed E-state index contributed by atoms with van der Waals surface area (Å²) in [7, 11) is 0. The highest BCUT2D eigenvalue weighted by atomic mass is 15.3. The molecule has 0 saturated carbocycles. The standard InChI is InChI=1S/C16H16N2.C2H6/c1-3-13-5-4-6-16-15(13)11-18(17-16)14-9-7-12(2)8-10-14;1-2/h4-11H,3H2,1-2H3;1-2H3. The predicted octanol–water partition coefficient (Wildman–Crippen LogP) is 4.92. The van der Waals surface area contributed by atoms with Crippen LogP contribution >= 0.6 is 0 Å². The fourth-order valence-corrected chi connectivity index (χ4v) is 2.24. The van der Waals surface area contributed by atoms with Crippen LogP contribution in [0.25, 0.3) is 16.6 Å². The Morgan fingerprint density at radius 3 is 2.35 bits per heavy atom. The van der Waals surface area contributed by atoms with Crippen LogP contribution in [-0.2, 0) is 6.42 Å². The van der Waals surface area contributed by atoms with Gasteiger partial charge in [0.15, 0.2) is 0 Å². The second kappa shape index (κ2) is 6.38. The van der Waals surface area contributed by atoms with Crippen LogP contribution in [0.4, 0.5) is 0 Å². The number of aromatic nitrogens is 2. The summed E-state index contributed by atoms with van der Waals surface area (Å²) in [6.07, 6.45) is 3.16. The molecule has 0 bridgehead atoms. The molecular formula is C18H22N2.